The number of rotatable bonds is 0. The fourth-order valence-corrected chi connectivity index (χ4v) is 1.63. The summed E-state index contributed by atoms with van der Waals surface area (Å²) in [5.41, 5.74) is 4.59. The largest absolute Gasteiger partial charge is 0.192 e. The van der Waals surface area contributed by atoms with Crippen molar-refractivity contribution in [3.8, 4) is 17.5 Å². The molecule has 0 heterocycles. The van der Waals surface area contributed by atoms with E-state index < -0.39 is 8.07 Å². The van der Waals surface area contributed by atoms with E-state index in [2.05, 4.69) is 31.1 Å². The van der Waals surface area contributed by atoms with Crippen LogP contribution >= 0.6 is 11.6 Å². The summed E-state index contributed by atoms with van der Waals surface area (Å²) < 4.78 is 0. The van der Waals surface area contributed by atoms with Gasteiger partial charge >= 0.3 is 0 Å². The van der Waals surface area contributed by atoms with Gasteiger partial charge in [0.1, 0.15) is 14.1 Å². The van der Waals surface area contributed by atoms with Crippen molar-refractivity contribution in [1.29, 1.82) is 5.26 Å². The van der Waals surface area contributed by atoms with E-state index in [1.165, 1.54) is 0 Å². The molecule has 3 heteroatoms. The molecule has 0 aliphatic heterocycles. The zero-order valence-corrected chi connectivity index (χ0v) is 10.8. The summed E-state index contributed by atoms with van der Waals surface area (Å²) in [7, 11) is -1.36. The minimum atomic E-state index is -1.36. The first-order valence-corrected chi connectivity index (χ1v) is 8.53. The van der Waals surface area contributed by atoms with Gasteiger partial charge in [-0.3, -0.25) is 0 Å². The maximum atomic E-state index is 8.80. The molecule has 1 aromatic rings. The van der Waals surface area contributed by atoms with E-state index in [0.29, 0.717) is 10.6 Å². The lowest BCUT2D eigenvalue weighted by molar-refractivity contribution is 1.48. The molecule has 0 bridgehead atoms. The maximum Gasteiger partial charge on any atom is 0.129 e. The van der Waals surface area contributed by atoms with Crippen LogP contribution in [-0.2, 0) is 0 Å². The second-order valence-corrected chi connectivity index (χ2v) is 9.46. The third-order valence-corrected chi connectivity index (χ3v) is 2.87. The van der Waals surface area contributed by atoms with Gasteiger partial charge in [0.25, 0.3) is 0 Å². The Labute approximate surface area is 96.7 Å². The number of benzene rings is 1. The van der Waals surface area contributed by atoms with E-state index in [1.807, 2.05) is 12.1 Å². The van der Waals surface area contributed by atoms with Gasteiger partial charge in [-0.1, -0.05) is 37.2 Å². The third-order valence-electron chi connectivity index (χ3n) is 1.67. The quantitative estimate of drug-likeness (QED) is 0.498. The fraction of sp³-hybridized carbons (Fsp3) is 0.250. The van der Waals surface area contributed by atoms with Gasteiger partial charge in [0.2, 0.25) is 0 Å². The SMILES string of the molecule is C[Si](C)(C)C#Cc1ccc(Cl)c(C#N)c1. The number of nitrogens with zero attached hydrogens (tertiary/aromatic N) is 1. The van der Waals surface area contributed by atoms with Crippen molar-refractivity contribution < 1.29 is 0 Å². The zero-order chi connectivity index (χ0) is 11.5. The van der Waals surface area contributed by atoms with Crippen molar-refractivity contribution in [3.05, 3.63) is 34.3 Å². The molecule has 0 radical (unpaired) electrons. The minimum Gasteiger partial charge on any atom is -0.192 e. The maximum absolute atomic E-state index is 8.80. The predicted octanol–water partition coefficient (Wildman–Crippen LogP) is 3.44. The highest BCUT2D eigenvalue weighted by molar-refractivity contribution is 6.83. The molecule has 0 saturated heterocycles. The van der Waals surface area contributed by atoms with Crippen LogP contribution in [0.4, 0.5) is 0 Å². The van der Waals surface area contributed by atoms with Crippen LogP contribution in [0.2, 0.25) is 24.7 Å². The van der Waals surface area contributed by atoms with Crippen molar-refractivity contribution >= 4 is 19.7 Å². The molecule has 0 amide bonds. The van der Waals surface area contributed by atoms with E-state index in [4.69, 9.17) is 16.9 Å². The van der Waals surface area contributed by atoms with Gasteiger partial charge in [-0.2, -0.15) is 5.26 Å². The van der Waals surface area contributed by atoms with E-state index >= 15 is 0 Å². The Morgan fingerprint density at radius 3 is 2.47 bits per heavy atom. The van der Waals surface area contributed by atoms with Gasteiger partial charge in [-0.15, -0.1) is 5.54 Å². The Morgan fingerprint density at radius 2 is 1.93 bits per heavy atom. The van der Waals surface area contributed by atoms with Crippen molar-refractivity contribution in [2.24, 2.45) is 0 Å². The normalized spacial score (nSPS) is 10.1. The summed E-state index contributed by atoms with van der Waals surface area (Å²) >= 11 is 5.82. The van der Waals surface area contributed by atoms with Gasteiger partial charge in [-0.25, -0.2) is 0 Å². The number of hydrogen-bond donors (Lipinski definition) is 0. The van der Waals surface area contributed by atoms with Crippen LogP contribution in [0.25, 0.3) is 0 Å². The Morgan fingerprint density at radius 1 is 1.27 bits per heavy atom. The lowest BCUT2D eigenvalue weighted by atomic mass is 10.1. The Bertz CT molecular complexity index is 469. The molecule has 0 fully saturated rings. The highest BCUT2D eigenvalue weighted by atomic mass is 35.5. The molecule has 0 aromatic heterocycles. The summed E-state index contributed by atoms with van der Waals surface area (Å²) in [5, 5.41) is 9.28. The first kappa shape index (κ1) is 11.8. The highest BCUT2D eigenvalue weighted by Gasteiger charge is 2.07. The first-order chi connectivity index (χ1) is 6.92. The second-order valence-electron chi connectivity index (χ2n) is 4.31. The average molecular weight is 234 g/mol. The van der Waals surface area contributed by atoms with Crippen molar-refractivity contribution in [2.75, 3.05) is 0 Å². The molecular formula is C12H12ClNSi. The summed E-state index contributed by atoms with van der Waals surface area (Å²) in [6.45, 7) is 6.55. The molecule has 0 spiro atoms. The van der Waals surface area contributed by atoms with Crippen LogP contribution in [0.3, 0.4) is 0 Å². The Kier molecular flexibility index (Phi) is 3.58. The summed E-state index contributed by atoms with van der Waals surface area (Å²) in [4.78, 5) is 0. The summed E-state index contributed by atoms with van der Waals surface area (Å²) in [5.74, 6) is 3.09. The van der Waals surface area contributed by atoms with Crippen molar-refractivity contribution in [2.45, 2.75) is 19.6 Å². The van der Waals surface area contributed by atoms with Crippen LogP contribution in [0.1, 0.15) is 11.1 Å². The smallest absolute Gasteiger partial charge is 0.129 e. The molecule has 0 aliphatic rings. The van der Waals surface area contributed by atoms with Crippen LogP contribution in [0, 0.1) is 22.8 Å². The van der Waals surface area contributed by atoms with Crippen LogP contribution in [0.5, 0.6) is 0 Å². The van der Waals surface area contributed by atoms with E-state index in [0.717, 1.165) is 5.56 Å². The fourth-order valence-electron chi connectivity index (χ4n) is 0.948. The summed E-state index contributed by atoms with van der Waals surface area (Å²) in [6.07, 6.45) is 0. The average Bonchev–Trinajstić information content (AvgIpc) is 2.15. The monoisotopic (exact) mass is 233 g/mol. The molecule has 0 saturated carbocycles. The molecule has 1 rings (SSSR count). The van der Waals surface area contributed by atoms with Crippen LogP contribution in [0.15, 0.2) is 18.2 Å². The zero-order valence-electron chi connectivity index (χ0n) is 9.06. The molecular weight excluding hydrogens is 222 g/mol. The molecule has 0 aliphatic carbocycles. The molecule has 0 atom stereocenters. The lowest BCUT2D eigenvalue weighted by Gasteiger charge is -2.03. The third kappa shape index (κ3) is 3.79. The van der Waals surface area contributed by atoms with Gasteiger partial charge in [0.15, 0.2) is 0 Å². The molecule has 15 heavy (non-hydrogen) atoms. The predicted molar refractivity (Wildman–Crippen MR) is 66.4 cm³/mol. The minimum absolute atomic E-state index is 0.482. The van der Waals surface area contributed by atoms with E-state index in [-0.39, 0.29) is 0 Å². The highest BCUT2D eigenvalue weighted by Crippen LogP contribution is 2.16. The van der Waals surface area contributed by atoms with Gasteiger partial charge in [0, 0.05) is 5.56 Å². The topological polar surface area (TPSA) is 23.8 Å². The number of nitriles is 1. The Hall–Kier alpha value is -1.22. The second kappa shape index (κ2) is 4.53. The molecule has 1 nitrogen and oxygen atoms in total. The van der Waals surface area contributed by atoms with Crippen LogP contribution in [-0.4, -0.2) is 8.07 Å². The van der Waals surface area contributed by atoms with E-state index in [1.54, 1.807) is 12.1 Å². The van der Waals surface area contributed by atoms with Crippen molar-refractivity contribution in [1.82, 2.24) is 0 Å². The molecule has 76 valence electrons. The Balaban J connectivity index is 3.08. The number of halogens is 1. The van der Waals surface area contributed by atoms with Gasteiger partial charge in [0.05, 0.1) is 10.6 Å². The van der Waals surface area contributed by atoms with Crippen molar-refractivity contribution in [3.63, 3.8) is 0 Å². The first-order valence-electron chi connectivity index (χ1n) is 4.65. The summed E-state index contributed by atoms with van der Waals surface area (Å²) in [6, 6.07) is 7.34. The van der Waals surface area contributed by atoms with Crippen LogP contribution < -0.4 is 0 Å². The molecule has 1 aromatic carbocycles. The molecule has 0 N–H and O–H groups in total. The molecule has 0 unspecified atom stereocenters. The van der Waals surface area contributed by atoms with E-state index in [9.17, 15) is 0 Å². The lowest BCUT2D eigenvalue weighted by Crippen LogP contribution is -2.16. The standard InChI is InChI=1S/C12H12ClNSi/c1-15(2,3)7-6-10-4-5-12(13)11(8-10)9-14/h4-5,8H,1-3H3. The number of hydrogen-bond acceptors (Lipinski definition) is 1. The van der Waals surface area contributed by atoms with Gasteiger partial charge < -0.3 is 0 Å². The van der Waals surface area contributed by atoms with Gasteiger partial charge in [-0.05, 0) is 18.2 Å².